The summed E-state index contributed by atoms with van der Waals surface area (Å²) in [6, 6.07) is 7.11. The van der Waals surface area contributed by atoms with Crippen LogP contribution in [0.15, 0.2) is 24.3 Å². The fraction of sp³-hybridized carbons (Fsp3) is 0.562. The number of carbonyl (C=O) groups excluding carboxylic acids is 1. The standard InChI is InChI=1S/C16H23ClN2O3/c1-2-3-13(20)10-18-16(21)19-14-8-9-22-15(14)11-4-6-12(17)7-5-11/h4-7,13-15,20H,2-3,8-10H2,1H3,(H2,18,19,21). The minimum absolute atomic E-state index is 0.0792. The van der Waals surface area contributed by atoms with Gasteiger partial charge in [0.1, 0.15) is 6.10 Å². The Hall–Kier alpha value is -1.30. The Labute approximate surface area is 136 Å². The molecule has 2 rings (SSSR count). The lowest BCUT2D eigenvalue weighted by atomic mass is 10.0. The summed E-state index contributed by atoms with van der Waals surface area (Å²) in [7, 11) is 0. The van der Waals surface area contributed by atoms with Gasteiger partial charge in [-0.2, -0.15) is 0 Å². The number of aliphatic hydroxyl groups is 1. The third-order valence-corrected chi connectivity index (χ3v) is 3.98. The van der Waals surface area contributed by atoms with Crippen molar-refractivity contribution in [1.29, 1.82) is 0 Å². The van der Waals surface area contributed by atoms with E-state index in [1.165, 1.54) is 0 Å². The molecule has 1 aliphatic heterocycles. The van der Waals surface area contributed by atoms with Gasteiger partial charge in [0.05, 0.1) is 12.1 Å². The monoisotopic (exact) mass is 326 g/mol. The van der Waals surface area contributed by atoms with Crippen LogP contribution in [0.1, 0.15) is 37.9 Å². The van der Waals surface area contributed by atoms with Gasteiger partial charge >= 0.3 is 6.03 Å². The zero-order valence-electron chi connectivity index (χ0n) is 12.7. The fourth-order valence-electron chi connectivity index (χ4n) is 2.58. The Bertz CT molecular complexity index is 481. The van der Waals surface area contributed by atoms with Crippen molar-refractivity contribution in [1.82, 2.24) is 10.6 Å². The quantitative estimate of drug-likeness (QED) is 0.752. The van der Waals surface area contributed by atoms with E-state index in [2.05, 4.69) is 10.6 Å². The highest BCUT2D eigenvalue weighted by molar-refractivity contribution is 6.30. The van der Waals surface area contributed by atoms with Crippen LogP contribution in [0, 0.1) is 0 Å². The molecule has 0 saturated carbocycles. The first-order valence-corrected chi connectivity index (χ1v) is 8.07. The molecule has 0 aliphatic carbocycles. The van der Waals surface area contributed by atoms with Gasteiger partial charge in [-0.15, -0.1) is 0 Å². The van der Waals surface area contributed by atoms with Crippen LogP contribution >= 0.6 is 11.6 Å². The molecule has 1 saturated heterocycles. The molecule has 0 radical (unpaired) electrons. The van der Waals surface area contributed by atoms with Crippen LogP contribution in [0.5, 0.6) is 0 Å². The summed E-state index contributed by atoms with van der Waals surface area (Å²) >= 11 is 5.89. The first-order chi connectivity index (χ1) is 10.6. The van der Waals surface area contributed by atoms with Gasteiger partial charge in [-0.1, -0.05) is 37.1 Å². The third-order valence-electron chi connectivity index (χ3n) is 3.73. The largest absolute Gasteiger partial charge is 0.391 e. The average molecular weight is 327 g/mol. The van der Waals surface area contributed by atoms with E-state index in [1.807, 2.05) is 31.2 Å². The number of benzene rings is 1. The van der Waals surface area contributed by atoms with Crippen molar-refractivity contribution in [2.75, 3.05) is 13.2 Å². The number of halogens is 1. The Morgan fingerprint density at radius 2 is 2.18 bits per heavy atom. The summed E-state index contributed by atoms with van der Waals surface area (Å²) in [5.74, 6) is 0. The van der Waals surface area contributed by atoms with Crippen LogP contribution < -0.4 is 10.6 Å². The number of urea groups is 1. The zero-order valence-corrected chi connectivity index (χ0v) is 13.5. The summed E-state index contributed by atoms with van der Waals surface area (Å²) in [6.45, 7) is 2.87. The van der Waals surface area contributed by atoms with Crippen LogP contribution in [0.25, 0.3) is 0 Å². The minimum Gasteiger partial charge on any atom is -0.391 e. The number of amides is 2. The van der Waals surface area contributed by atoms with Crippen molar-refractivity contribution in [2.45, 2.75) is 44.4 Å². The molecular formula is C16H23ClN2O3. The summed E-state index contributed by atoms with van der Waals surface area (Å²) < 4.78 is 5.72. The summed E-state index contributed by atoms with van der Waals surface area (Å²) in [6.07, 6.45) is 1.67. The first kappa shape index (κ1) is 17.1. The van der Waals surface area contributed by atoms with Gasteiger partial charge in [0.15, 0.2) is 0 Å². The molecule has 0 bridgehead atoms. The van der Waals surface area contributed by atoms with Gasteiger partial charge in [-0.05, 0) is 30.5 Å². The SMILES string of the molecule is CCCC(O)CNC(=O)NC1CCOC1c1ccc(Cl)cc1. The number of aliphatic hydroxyl groups excluding tert-OH is 1. The molecule has 3 N–H and O–H groups in total. The number of hydrogen-bond acceptors (Lipinski definition) is 3. The van der Waals surface area contributed by atoms with E-state index in [9.17, 15) is 9.90 Å². The number of nitrogens with one attached hydrogen (secondary N) is 2. The molecule has 6 heteroatoms. The van der Waals surface area contributed by atoms with E-state index in [4.69, 9.17) is 16.3 Å². The van der Waals surface area contributed by atoms with Gasteiger partial charge in [0.25, 0.3) is 0 Å². The molecule has 3 unspecified atom stereocenters. The molecule has 0 spiro atoms. The number of carbonyl (C=O) groups is 1. The van der Waals surface area contributed by atoms with Crippen molar-refractivity contribution in [2.24, 2.45) is 0 Å². The van der Waals surface area contributed by atoms with Crippen LogP contribution in [0.3, 0.4) is 0 Å². The topological polar surface area (TPSA) is 70.6 Å². The normalized spacial score (nSPS) is 22.3. The van der Waals surface area contributed by atoms with Crippen molar-refractivity contribution < 1.29 is 14.6 Å². The number of hydrogen-bond donors (Lipinski definition) is 3. The molecule has 0 aromatic heterocycles. The van der Waals surface area contributed by atoms with Crippen molar-refractivity contribution in [3.8, 4) is 0 Å². The lowest BCUT2D eigenvalue weighted by molar-refractivity contribution is 0.0996. The summed E-state index contributed by atoms with van der Waals surface area (Å²) in [4.78, 5) is 11.9. The molecule has 2 amide bonds. The van der Waals surface area contributed by atoms with E-state index >= 15 is 0 Å². The molecule has 5 nitrogen and oxygen atoms in total. The van der Waals surface area contributed by atoms with E-state index in [0.29, 0.717) is 18.1 Å². The number of rotatable bonds is 6. The van der Waals surface area contributed by atoms with Crippen molar-refractivity contribution in [3.63, 3.8) is 0 Å². The second-order valence-electron chi connectivity index (χ2n) is 5.53. The van der Waals surface area contributed by atoms with E-state index in [-0.39, 0.29) is 24.7 Å². The molecule has 1 heterocycles. The zero-order chi connectivity index (χ0) is 15.9. The van der Waals surface area contributed by atoms with Gasteiger partial charge in [0, 0.05) is 18.2 Å². The maximum absolute atomic E-state index is 11.9. The molecule has 1 aromatic carbocycles. The fourth-order valence-corrected chi connectivity index (χ4v) is 2.71. The first-order valence-electron chi connectivity index (χ1n) is 7.69. The number of ether oxygens (including phenoxy) is 1. The second-order valence-corrected chi connectivity index (χ2v) is 5.97. The summed E-state index contributed by atoms with van der Waals surface area (Å²) in [5, 5.41) is 15.9. The van der Waals surface area contributed by atoms with Crippen LogP contribution in [0.4, 0.5) is 4.79 Å². The smallest absolute Gasteiger partial charge is 0.315 e. The minimum atomic E-state index is -0.498. The molecule has 122 valence electrons. The predicted octanol–water partition coefficient (Wildman–Crippen LogP) is 2.63. The molecular weight excluding hydrogens is 304 g/mol. The molecule has 1 aliphatic rings. The van der Waals surface area contributed by atoms with Gasteiger partial charge in [-0.3, -0.25) is 0 Å². The Morgan fingerprint density at radius 3 is 2.86 bits per heavy atom. The average Bonchev–Trinajstić information content (AvgIpc) is 2.94. The Kier molecular flexibility index (Phi) is 6.49. The molecule has 1 fully saturated rings. The Balaban J connectivity index is 1.85. The highest BCUT2D eigenvalue weighted by atomic mass is 35.5. The lowest BCUT2D eigenvalue weighted by Crippen LogP contribution is -2.45. The van der Waals surface area contributed by atoms with Crippen molar-refractivity contribution in [3.05, 3.63) is 34.9 Å². The van der Waals surface area contributed by atoms with E-state index in [0.717, 1.165) is 18.4 Å². The highest BCUT2D eigenvalue weighted by Crippen LogP contribution is 2.29. The Morgan fingerprint density at radius 1 is 1.45 bits per heavy atom. The summed E-state index contributed by atoms with van der Waals surface area (Å²) in [5.41, 5.74) is 0.998. The van der Waals surface area contributed by atoms with Crippen LogP contribution in [-0.2, 0) is 4.74 Å². The van der Waals surface area contributed by atoms with E-state index < -0.39 is 6.10 Å². The predicted molar refractivity (Wildman–Crippen MR) is 86.0 cm³/mol. The maximum atomic E-state index is 11.9. The van der Waals surface area contributed by atoms with Crippen LogP contribution in [-0.4, -0.2) is 36.4 Å². The lowest BCUT2D eigenvalue weighted by Gasteiger charge is -2.21. The molecule has 3 atom stereocenters. The van der Waals surface area contributed by atoms with Gasteiger partial charge in [-0.25, -0.2) is 4.79 Å². The van der Waals surface area contributed by atoms with E-state index in [1.54, 1.807) is 0 Å². The van der Waals surface area contributed by atoms with Crippen LogP contribution in [0.2, 0.25) is 5.02 Å². The van der Waals surface area contributed by atoms with Gasteiger partial charge < -0.3 is 20.5 Å². The van der Waals surface area contributed by atoms with Gasteiger partial charge in [0.2, 0.25) is 0 Å². The molecule has 22 heavy (non-hydrogen) atoms. The maximum Gasteiger partial charge on any atom is 0.315 e. The van der Waals surface area contributed by atoms with Crippen molar-refractivity contribution >= 4 is 17.6 Å². The third kappa shape index (κ3) is 4.87. The molecule has 1 aromatic rings. The second kappa shape index (κ2) is 8.36. The highest BCUT2D eigenvalue weighted by Gasteiger charge is 2.30.